The number of aromatic nitrogens is 1. The van der Waals surface area contributed by atoms with Crippen molar-refractivity contribution >= 4 is 41.9 Å². The van der Waals surface area contributed by atoms with E-state index in [9.17, 15) is 22.0 Å². The lowest BCUT2D eigenvalue weighted by Crippen LogP contribution is -2.16. The number of benzene rings is 2. The Bertz CT molecular complexity index is 1170. The predicted octanol–water partition coefficient (Wildman–Crippen LogP) is 3.55. The van der Waals surface area contributed by atoms with Crippen LogP contribution in [0.3, 0.4) is 0 Å². The number of nitrogens with two attached hydrogens (primary N) is 1. The Labute approximate surface area is 162 Å². The highest BCUT2D eigenvalue weighted by Crippen LogP contribution is 2.30. The summed E-state index contributed by atoms with van der Waals surface area (Å²) in [7, 11) is -4.44. The van der Waals surface area contributed by atoms with E-state index in [-0.39, 0.29) is 11.3 Å². The van der Waals surface area contributed by atoms with Crippen molar-refractivity contribution in [2.75, 3.05) is 0 Å². The molecule has 11 heteroatoms. The van der Waals surface area contributed by atoms with Gasteiger partial charge in [0.2, 0.25) is 10.0 Å². The van der Waals surface area contributed by atoms with Gasteiger partial charge in [-0.3, -0.25) is 0 Å². The number of primary sulfonamides is 1. The maximum atomic E-state index is 14.4. The Kier molecular flexibility index (Phi) is 4.90. The van der Waals surface area contributed by atoms with Crippen molar-refractivity contribution in [1.82, 2.24) is 4.57 Å². The van der Waals surface area contributed by atoms with Crippen molar-refractivity contribution in [2.24, 2.45) is 5.14 Å². The van der Waals surface area contributed by atoms with Gasteiger partial charge >= 0.3 is 5.76 Å². The number of rotatable bonds is 3. The molecular formula is C15H8Br2F2N2O4S. The first-order valence-electron chi connectivity index (χ1n) is 6.77. The van der Waals surface area contributed by atoms with E-state index in [0.29, 0.717) is 26.8 Å². The molecule has 0 fully saturated rings. The third kappa shape index (κ3) is 3.52. The molecule has 0 bridgehead atoms. The predicted molar refractivity (Wildman–Crippen MR) is 96.4 cm³/mol. The SMILES string of the molecule is NS(=O)(=O)c1cc(F)c(-c2coc(=O)n2-c2cc(Br)cc(Br)c2)cc1F. The van der Waals surface area contributed by atoms with E-state index in [4.69, 9.17) is 9.56 Å². The van der Waals surface area contributed by atoms with Crippen LogP contribution in [0.5, 0.6) is 0 Å². The summed E-state index contributed by atoms with van der Waals surface area (Å²) in [5, 5.41) is 4.86. The lowest BCUT2D eigenvalue weighted by molar-refractivity contribution is 0.504. The fourth-order valence-electron chi connectivity index (χ4n) is 2.35. The zero-order valence-corrected chi connectivity index (χ0v) is 16.5. The lowest BCUT2D eigenvalue weighted by atomic mass is 10.1. The standard InChI is InChI=1S/C15H8Br2F2N2O4S/c16-7-1-8(17)3-9(2-7)21-13(6-25-15(21)22)10-4-12(19)14(5-11(10)18)26(20,23)24/h1-6H,(H2,20,23,24). The molecule has 0 aliphatic rings. The molecule has 26 heavy (non-hydrogen) atoms. The molecule has 0 unspecified atom stereocenters. The van der Waals surface area contributed by atoms with Gasteiger partial charge in [0.1, 0.15) is 22.8 Å². The molecule has 2 aromatic carbocycles. The van der Waals surface area contributed by atoms with Crippen LogP contribution in [-0.2, 0) is 10.0 Å². The van der Waals surface area contributed by atoms with Gasteiger partial charge in [-0.1, -0.05) is 31.9 Å². The Morgan fingerprint density at radius 1 is 1.00 bits per heavy atom. The number of oxazole rings is 1. The fraction of sp³-hybridized carbons (Fsp3) is 0. The Morgan fingerprint density at radius 2 is 1.62 bits per heavy atom. The number of sulfonamides is 1. The first kappa shape index (κ1) is 19.0. The van der Waals surface area contributed by atoms with Gasteiger partial charge in [-0.05, 0) is 30.3 Å². The minimum atomic E-state index is -4.44. The second-order valence-electron chi connectivity index (χ2n) is 5.16. The van der Waals surface area contributed by atoms with Crippen LogP contribution in [0.15, 0.2) is 59.6 Å². The minimum Gasteiger partial charge on any atom is -0.415 e. The molecule has 0 saturated carbocycles. The number of hydrogen-bond acceptors (Lipinski definition) is 4. The Morgan fingerprint density at radius 3 is 2.19 bits per heavy atom. The molecule has 0 atom stereocenters. The van der Waals surface area contributed by atoms with E-state index in [2.05, 4.69) is 31.9 Å². The highest BCUT2D eigenvalue weighted by atomic mass is 79.9. The molecule has 3 rings (SSSR count). The third-order valence-electron chi connectivity index (χ3n) is 3.40. The maximum absolute atomic E-state index is 14.4. The molecule has 0 saturated heterocycles. The highest BCUT2D eigenvalue weighted by molar-refractivity contribution is 9.11. The Hall–Kier alpha value is -1.82. The van der Waals surface area contributed by atoms with Crippen molar-refractivity contribution in [3.8, 4) is 16.9 Å². The van der Waals surface area contributed by atoms with Crippen LogP contribution in [0.4, 0.5) is 8.78 Å². The average molecular weight is 510 g/mol. The van der Waals surface area contributed by atoms with Gasteiger partial charge < -0.3 is 4.42 Å². The summed E-state index contributed by atoms with van der Waals surface area (Å²) in [6.45, 7) is 0. The molecule has 6 nitrogen and oxygen atoms in total. The largest absolute Gasteiger partial charge is 0.424 e. The van der Waals surface area contributed by atoms with Crippen molar-refractivity contribution < 1.29 is 21.6 Å². The molecule has 0 aliphatic heterocycles. The first-order valence-corrected chi connectivity index (χ1v) is 9.90. The van der Waals surface area contributed by atoms with Gasteiger partial charge in [-0.2, -0.15) is 0 Å². The second kappa shape index (κ2) is 6.72. The van der Waals surface area contributed by atoms with Crippen molar-refractivity contribution in [2.45, 2.75) is 4.90 Å². The second-order valence-corrected chi connectivity index (χ2v) is 8.52. The maximum Gasteiger partial charge on any atom is 0.424 e. The van der Waals surface area contributed by atoms with E-state index < -0.39 is 32.3 Å². The fourth-order valence-corrected chi connectivity index (χ4v) is 4.22. The zero-order chi connectivity index (χ0) is 19.2. The molecule has 2 N–H and O–H groups in total. The molecule has 3 aromatic rings. The summed E-state index contributed by atoms with van der Waals surface area (Å²) in [5.41, 5.74) is -0.149. The lowest BCUT2D eigenvalue weighted by Gasteiger charge is -2.10. The molecule has 0 radical (unpaired) electrons. The van der Waals surface area contributed by atoms with Gasteiger partial charge in [0.25, 0.3) is 0 Å². The van der Waals surface area contributed by atoms with Crippen molar-refractivity contribution in [3.05, 3.63) is 67.7 Å². The van der Waals surface area contributed by atoms with Gasteiger partial charge in [0, 0.05) is 14.5 Å². The van der Waals surface area contributed by atoms with Crippen LogP contribution < -0.4 is 10.9 Å². The first-order chi connectivity index (χ1) is 12.1. The minimum absolute atomic E-state index is 0.0997. The van der Waals surface area contributed by atoms with Crippen molar-refractivity contribution in [3.63, 3.8) is 0 Å². The third-order valence-corrected chi connectivity index (χ3v) is 5.25. The molecule has 0 aliphatic carbocycles. The smallest absolute Gasteiger partial charge is 0.415 e. The molecule has 0 amide bonds. The normalized spacial score (nSPS) is 11.7. The average Bonchev–Trinajstić information content (AvgIpc) is 2.88. The summed E-state index contributed by atoms with van der Waals surface area (Å²) in [5.74, 6) is -3.17. The summed E-state index contributed by atoms with van der Waals surface area (Å²) < 4.78 is 58.3. The molecule has 1 aromatic heterocycles. The number of hydrogen-bond donors (Lipinski definition) is 1. The van der Waals surface area contributed by atoms with Crippen LogP contribution in [-0.4, -0.2) is 13.0 Å². The van der Waals surface area contributed by atoms with Crippen LogP contribution in [0.25, 0.3) is 16.9 Å². The van der Waals surface area contributed by atoms with Crippen LogP contribution in [0, 0.1) is 11.6 Å². The van der Waals surface area contributed by atoms with Crippen LogP contribution >= 0.6 is 31.9 Å². The molecule has 1 heterocycles. The Balaban J connectivity index is 2.28. The summed E-state index contributed by atoms with van der Waals surface area (Å²) in [6.07, 6.45) is 0.950. The quantitative estimate of drug-likeness (QED) is 0.584. The van der Waals surface area contributed by atoms with Crippen LogP contribution in [0.2, 0.25) is 0 Å². The summed E-state index contributed by atoms with van der Waals surface area (Å²) in [4.78, 5) is 11.1. The van der Waals surface area contributed by atoms with Crippen LogP contribution in [0.1, 0.15) is 0 Å². The van der Waals surface area contributed by atoms with E-state index in [1.54, 1.807) is 18.2 Å². The van der Waals surface area contributed by atoms with E-state index in [0.717, 1.165) is 10.8 Å². The van der Waals surface area contributed by atoms with Gasteiger partial charge in [-0.15, -0.1) is 0 Å². The zero-order valence-electron chi connectivity index (χ0n) is 12.5. The van der Waals surface area contributed by atoms with Crippen molar-refractivity contribution in [1.29, 1.82) is 0 Å². The monoisotopic (exact) mass is 508 g/mol. The number of halogens is 4. The number of nitrogens with zero attached hydrogens (tertiary/aromatic N) is 1. The van der Waals surface area contributed by atoms with E-state index in [1.807, 2.05) is 0 Å². The molecular weight excluding hydrogens is 502 g/mol. The van der Waals surface area contributed by atoms with Gasteiger partial charge in [0.15, 0.2) is 0 Å². The van der Waals surface area contributed by atoms with E-state index in [1.165, 1.54) is 0 Å². The highest BCUT2D eigenvalue weighted by Gasteiger charge is 2.22. The topological polar surface area (TPSA) is 95.3 Å². The summed E-state index contributed by atoms with van der Waals surface area (Å²) in [6, 6.07) is 5.95. The van der Waals surface area contributed by atoms with Gasteiger partial charge in [-0.25, -0.2) is 31.7 Å². The summed E-state index contributed by atoms with van der Waals surface area (Å²) >= 11 is 6.54. The van der Waals surface area contributed by atoms with Gasteiger partial charge in [0.05, 0.1) is 11.4 Å². The molecule has 136 valence electrons. The van der Waals surface area contributed by atoms with E-state index >= 15 is 0 Å². The molecule has 0 spiro atoms.